The summed E-state index contributed by atoms with van der Waals surface area (Å²) in [5.41, 5.74) is 0. The Hall–Kier alpha value is -0.410. The molecular formula is C14H28O3. The van der Waals surface area contributed by atoms with Gasteiger partial charge < -0.3 is 14.3 Å². The van der Waals surface area contributed by atoms with Gasteiger partial charge in [0.1, 0.15) is 6.29 Å². The Balaban J connectivity index is 4.00. The van der Waals surface area contributed by atoms with Crippen LogP contribution in [0.25, 0.3) is 0 Å². The Morgan fingerprint density at radius 3 is 2.35 bits per heavy atom. The fourth-order valence-electron chi connectivity index (χ4n) is 1.83. The molecule has 0 aromatic rings. The molecule has 0 aliphatic heterocycles. The molecule has 3 nitrogen and oxygen atoms in total. The number of carbonyl (C=O) groups is 1. The second-order valence-corrected chi connectivity index (χ2v) is 4.54. The molecule has 3 heteroatoms. The van der Waals surface area contributed by atoms with Crippen molar-refractivity contribution in [1.82, 2.24) is 0 Å². The van der Waals surface area contributed by atoms with Gasteiger partial charge in [0.2, 0.25) is 0 Å². The standard InChI is InChI=1S/C14H28O3/c1-5-7-8-9-10-14(12(3)11-15)17-13(4)16-6-2/h11-14H,5-10H2,1-4H3/t12-,13?,14-/m0/s1. The van der Waals surface area contributed by atoms with E-state index in [1.807, 2.05) is 20.8 Å². The van der Waals surface area contributed by atoms with E-state index in [0.29, 0.717) is 6.61 Å². The third-order valence-electron chi connectivity index (χ3n) is 2.91. The quantitative estimate of drug-likeness (QED) is 0.317. The largest absolute Gasteiger partial charge is 0.353 e. The fourth-order valence-corrected chi connectivity index (χ4v) is 1.83. The first-order chi connectivity index (χ1) is 8.15. The van der Waals surface area contributed by atoms with Crippen LogP contribution in [0.1, 0.15) is 59.8 Å². The normalized spacial score (nSPS) is 16.5. The van der Waals surface area contributed by atoms with Crippen molar-refractivity contribution in [1.29, 1.82) is 0 Å². The van der Waals surface area contributed by atoms with Gasteiger partial charge in [-0.05, 0) is 20.3 Å². The van der Waals surface area contributed by atoms with Gasteiger partial charge in [-0.2, -0.15) is 0 Å². The molecule has 0 spiro atoms. The molecule has 0 rings (SSSR count). The van der Waals surface area contributed by atoms with Gasteiger partial charge in [-0.25, -0.2) is 0 Å². The second kappa shape index (κ2) is 10.7. The van der Waals surface area contributed by atoms with E-state index in [0.717, 1.165) is 19.1 Å². The number of aldehydes is 1. The first kappa shape index (κ1) is 16.6. The number of carbonyl (C=O) groups excluding carboxylic acids is 1. The van der Waals surface area contributed by atoms with Crippen molar-refractivity contribution in [3.8, 4) is 0 Å². The maximum absolute atomic E-state index is 10.9. The molecule has 0 radical (unpaired) electrons. The van der Waals surface area contributed by atoms with Crippen LogP contribution in [0, 0.1) is 5.92 Å². The van der Waals surface area contributed by atoms with Crippen molar-refractivity contribution < 1.29 is 14.3 Å². The summed E-state index contributed by atoms with van der Waals surface area (Å²) in [4.78, 5) is 10.9. The molecule has 0 heterocycles. The topological polar surface area (TPSA) is 35.5 Å². The predicted octanol–water partition coefficient (Wildman–Crippen LogP) is 3.56. The number of rotatable bonds is 11. The van der Waals surface area contributed by atoms with E-state index in [4.69, 9.17) is 9.47 Å². The molecule has 0 aliphatic rings. The zero-order valence-electron chi connectivity index (χ0n) is 11.8. The molecule has 3 atom stereocenters. The number of hydrogen-bond acceptors (Lipinski definition) is 3. The average molecular weight is 244 g/mol. The first-order valence-corrected chi connectivity index (χ1v) is 6.88. The highest BCUT2D eigenvalue weighted by Gasteiger charge is 2.19. The summed E-state index contributed by atoms with van der Waals surface area (Å²) in [5, 5.41) is 0. The molecule has 102 valence electrons. The Morgan fingerprint density at radius 2 is 1.82 bits per heavy atom. The highest BCUT2D eigenvalue weighted by molar-refractivity contribution is 5.53. The van der Waals surface area contributed by atoms with Crippen LogP contribution in [0.15, 0.2) is 0 Å². The molecule has 0 fully saturated rings. The minimum atomic E-state index is -0.224. The van der Waals surface area contributed by atoms with Crippen LogP contribution in [-0.4, -0.2) is 25.3 Å². The van der Waals surface area contributed by atoms with E-state index >= 15 is 0 Å². The van der Waals surface area contributed by atoms with E-state index < -0.39 is 0 Å². The van der Waals surface area contributed by atoms with E-state index in [1.165, 1.54) is 19.3 Å². The number of unbranched alkanes of at least 4 members (excludes halogenated alkanes) is 3. The van der Waals surface area contributed by atoms with Crippen molar-refractivity contribution in [2.45, 2.75) is 72.2 Å². The van der Waals surface area contributed by atoms with Gasteiger partial charge in [0, 0.05) is 12.5 Å². The van der Waals surface area contributed by atoms with Crippen LogP contribution < -0.4 is 0 Å². The van der Waals surface area contributed by atoms with Crippen LogP contribution >= 0.6 is 0 Å². The summed E-state index contributed by atoms with van der Waals surface area (Å²) in [6, 6.07) is 0. The third kappa shape index (κ3) is 8.33. The van der Waals surface area contributed by atoms with E-state index in [2.05, 4.69) is 6.92 Å². The lowest BCUT2D eigenvalue weighted by molar-refractivity contribution is -0.170. The molecule has 0 saturated carbocycles. The van der Waals surface area contributed by atoms with Gasteiger partial charge >= 0.3 is 0 Å². The Labute approximate surface area is 106 Å². The van der Waals surface area contributed by atoms with Gasteiger partial charge in [0.15, 0.2) is 6.29 Å². The number of ether oxygens (including phenoxy) is 2. The highest BCUT2D eigenvalue weighted by atomic mass is 16.7. The SMILES string of the molecule is CCCCCC[C@H](OC(C)OCC)[C@@H](C)C=O. The van der Waals surface area contributed by atoms with Crippen molar-refractivity contribution in [3.05, 3.63) is 0 Å². The Bertz CT molecular complexity index is 182. The predicted molar refractivity (Wildman–Crippen MR) is 69.9 cm³/mol. The molecule has 0 saturated heterocycles. The van der Waals surface area contributed by atoms with Crippen molar-refractivity contribution in [2.24, 2.45) is 5.92 Å². The summed E-state index contributed by atoms with van der Waals surface area (Å²) in [7, 11) is 0. The zero-order valence-corrected chi connectivity index (χ0v) is 11.8. The smallest absolute Gasteiger partial charge is 0.155 e. The van der Waals surface area contributed by atoms with Crippen molar-refractivity contribution in [2.75, 3.05) is 6.61 Å². The van der Waals surface area contributed by atoms with Gasteiger partial charge in [-0.3, -0.25) is 0 Å². The summed E-state index contributed by atoms with van der Waals surface area (Å²) in [6.07, 6.45) is 6.50. The van der Waals surface area contributed by atoms with Crippen LogP contribution in [0.5, 0.6) is 0 Å². The second-order valence-electron chi connectivity index (χ2n) is 4.54. The zero-order chi connectivity index (χ0) is 13.1. The molecule has 1 unspecified atom stereocenters. The lowest BCUT2D eigenvalue weighted by Gasteiger charge is -2.24. The van der Waals surface area contributed by atoms with Crippen LogP contribution in [0.3, 0.4) is 0 Å². The van der Waals surface area contributed by atoms with Gasteiger partial charge in [-0.15, -0.1) is 0 Å². The van der Waals surface area contributed by atoms with Gasteiger partial charge in [-0.1, -0.05) is 39.5 Å². The molecule has 0 amide bonds. The molecular weight excluding hydrogens is 216 g/mol. The molecule has 17 heavy (non-hydrogen) atoms. The summed E-state index contributed by atoms with van der Waals surface area (Å²) in [6.45, 7) is 8.58. The Morgan fingerprint density at radius 1 is 1.12 bits per heavy atom. The molecule has 0 aromatic carbocycles. The van der Waals surface area contributed by atoms with E-state index in [-0.39, 0.29) is 18.3 Å². The first-order valence-electron chi connectivity index (χ1n) is 6.88. The fraction of sp³-hybridized carbons (Fsp3) is 0.929. The molecule has 0 aromatic heterocycles. The van der Waals surface area contributed by atoms with Crippen LogP contribution in [-0.2, 0) is 14.3 Å². The van der Waals surface area contributed by atoms with Gasteiger partial charge in [0.05, 0.1) is 6.10 Å². The molecule has 0 aliphatic carbocycles. The van der Waals surface area contributed by atoms with Crippen LogP contribution in [0.4, 0.5) is 0 Å². The molecule has 0 N–H and O–H groups in total. The summed E-state index contributed by atoms with van der Waals surface area (Å²) in [5.74, 6) is -0.0560. The lowest BCUT2D eigenvalue weighted by atomic mass is 10.00. The summed E-state index contributed by atoms with van der Waals surface area (Å²) >= 11 is 0. The summed E-state index contributed by atoms with van der Waals surface area (Å²) < 4.78 is 11.1. The van der Waals surface area contributed by atoms with Crippen LogP contribution in [0.2, 0.25) is 0 Å². The van der Waals surface area contributed by atoms with Gasteiger partial charge in [0.25, 0.3) is 0 Å². The minimum Gasteiger partial charge on any atom is -0.353 e. The maximum atomic E-state index is 10.9. The van der Waals surface area contributed by atoms with E-state index in [1.54, 1.807) is 0 Å². The molecule has 0 bridgehead atoms. The lowest BCUT2D eigenvalue weighted by Crippen LogP contribution is -2.28. The maximum Gasteiger partial charge on any atom is 0.155 e. The van der Waals surface area contributed by atoms with Crippen molar-refractivity contribution in [3.63, 3.8) is 0 Å². The highest BCUT2D eigenvalue weighted by Crippen LogP contribution is 2.17. The monoisotopic (exact) mass is 244 g/mol. The minimum absolute atomic E-state index is 0.00842. The average Bonchev–Trinajstić information content (AvgIpc) is 2.32. The Kier molecular flexibility index (Phi) is 10.5. The number of hydrogen-bond donors (Lipinski definition) is 0. The third-order valence-corrected chi connectivity index (χ3v) is 2.91. The van der Waals surface area contributed by atoms with Crippen molar-refractivity contribution >= 4 is 6.29 Å². The van der Waals surface area contributed by atoms with E-state index in [9.17, 15) is 4.79 Å².